The van der Waals surface area contributed by atoms with Gasteiger partial charge < -0.3 is 10.2 Å². The van der Waals surface area contributed by atoms with Gasteiger partial charge in [-0.3, -0.25) is 0 Å². The largest absolute Gasteiger partial charge is 0.469 e. The molecule has 0 amide bonds. The van der Waals surface area contributed by atoms with E-state index in [2.05, 4.69) is 15.4 Å². The molecule has 0 saturated carbocycles. The molecule has 74 valence electrons. The fraction of sp³-hybridized carbons (Fsp3) is 0.375. The van der Waals surface area contributed by atoms with Crippen LogP contribution in [0, 0.1) is 0 Å². The Bertz CT molecular complexity index is 380. The Labute approximate surface area is 80.7 Å². The van der Waals surface area contributed by atoms with Crippen LogP contribution in [0.1, 0.15) is 11.6 Å². The number of aromatic nitrogens is 4. The van der Waals surface area contributed by atoms with Crippen molar-refractivity contribution < 1.29 is 4.42 Å². The molecule has 0 radical (unpaired) electrons. The van der Waals surface area contributed by atoms with Crippen molar-refractivity contribution in [2.24, 2.45) is 5.73 Å². The first-order chi connectivity index (χ1) is 6.88. The number of tetrazole rings is 1. The molecule has 0 unspecified atom stereocenters. The third-order valence-corrected chi connectivity index (χ3v) is 1.74. The van der Waals surface area contributed by atoms with Gasteiger partial charge in [0, 0.05) is 6.54 Å². The highest BCUT2D eigenvalue weighted by molar-refractivity contribution is 5.04. The first-order valence-corrected chi connectivity index (χ1v) is 4.37. The van der Waals surface area contributed by atoms with E-state index in [0.29, 0.717) is 25.3 Å². The molecule has 2 heterocycles. The molecular weight excluding hydrogens is 182 g/mol. The average Bonchev–Trinajstić information content (AvgIpc) is 2.79. The molecule has 0 aliphatic carbocycles. The van der Waals surface area contributed by atoms with Gasteiger partial charge in [0.1, 0.15) is 5.76 Å². The summed E-state index contributed by atoms with van der Waals surface area (Å²) in [5.74, 6) is 1.48. The summed E-state index contributed by atoms with van der Waals surface area (Å²) in [7, 11) is 0. The lowest BCUT2D eigenvalue weighted by molar-refractivity contribution is 0.512. The lowest BCUT2D eigenvalue weighted by Gasteiger charge is -1.91. The van der Waals surface area contributed by atoms with Crippen molar-refractivity contribution in [2.75, 3.05) is 6.54 Å². The lowest BCUT2D eigenvalue weighted by atomic mass is 10.3. The van der Waals surface area contributed by atoms with E-state index in [1.165, 1.54) is 4.80 Å². The first kappa shape index (κ1) is 8.89. The van der Waals surface area contributed by atoms with Crippen LogP contribution in [0.15, 0.2) is 22.8 Å². The second kappa shape index (κ2) is 4.01. The van der Waals surface area contributed by atoms with Crippen molar-refractivity contribution in [3.05, 3.63) is 30.0 Å². The van der Waals surface area contributed by atoms with E-state index < -0.39 is 0 Å². The quantitative estimate of drug-likeness (QED) is 0.728. The minimum atomic E-state index is 0.510. The Hall–Kier alpha value is -1.69. The zero-order valence-electron chi connectivity index (χ0n) is 7.63. The maximum Gasteiger partial charge on any atom is 0.182 e. The molecule has 0 spiro atoms. The van der Waals surface area contributed by atoms with Gasteiger partial charge in [0.05, 0.1) is 19.2 Å². The van der Waals surface area contributed by atoms with Crippen LogP contribution in [0.4, 0.5) is 0 Å². The maximum absolute atomic E-state index is 5.36. The van der Waals surface area contributed by atoms with Gasteiger partial charge in [-0.15, -0.1) is 10.2 Å². The predicted octanol–water partition coefficient (Wildman–Crippen LogP) is -0.184. The van der Waals surface area contributed by atoms with E-state index >= 15 is 0 Å². The third kappa shape index (κ3) is 1.97. The van der Waals surface area contributed by atoms with Crippen molar-refractivity contribution in [3.8, 4) is 0 Å². The van der Waals surface area contributed by atoms with E-state index in [9.17, 15) is 0 Å². The van der Waals surface area contributed by atoms with Crippen molar-refractivity contribution >= 4 is 0 Å². The summed E-state index contributed by atoms with van der Waals surface area (Å²) in [6.07, 6.45) is 2.19. The van der Waals surface area contributed by atoms with Gasteiger partial charge in [0.15, 0.2) is 5.82 Å². The Morgan fingerprint density at radius 3 is 3.14 bits per heavy atom. The summed E-state index contributed by atoms with van der Waals surface area (Å²) in [4.78, 5) is 1.48. The number of nitrogens with zero attached hydrogens (tertiary/aromatic N) is 4. The topological polar surface area (TPSA) is 82.8 Å². The van der Waals surface area contributed by atoms with Crippen molar-refractivity contribution in [2.45, 2.75) is 13.0 Å². The van der Waals surface area contributed by atoms with Crippen LogP contribution in [0.2, 0.25) is 0 Å². The van der Waals surface area contributed by atoms with Crippen molar-refractivity contribution in [1.29, 1.82) is 0 Å². The summed E-state index contributed by atoms with van der Waals surface area (Å²) in [6, 6.07) is 3.71. The summed E-state index contributed by atoms with van der Waals surface area (Å²) >= 11 is 0. The fourth-order valence-electron chi connectivity index (χ4n) is 1.13. The normalized spacial score (nSPS) is 10.6. The Morgan fingerprint density at radius 2 is 2.43 bits per heavy atom. The molecule has 14 heavy (non-hydrogen) atoms. The molecular formula is C8H11N5O. The molecule has 0 fully saturated rings. The molecule has 2 N–H and O–H groups in total. The number of nitrogens with two attached hydrogens (primary N) is 1. The van der Waals surface area contributed by atoms with Crippen LogP contribution >= 0.6 is 0 Å². The van der Waals surface area contributed by atoms with Gasteiger partial charge >= 0.3 is 0 Å². The zero-order chi connectivity index (χ0) is 9.80. The van der Waals surface area contributed by atoms with Crippen LogP contribution in [-0.2, 0) is 13.0 Å². The average molecular weight is 193 g/mol. The molecule has 6 nitrogen and oxygen atoms in total. The third-order valence-electron chi connectivity index (χ3n) is 1.74. The van der Waals surface area contributed by atoms with Crippen LogP contribution in [0.5, 0.6) is 0 Å². The molecule has 2 aromatic rings. The highest BCUT2D eigenvalue weighted by Gasteiger charge is 2.04. The zero-order valence-corrected chi connectivity index (χ0v) is 7.63. The van der Waals surface area contributed by atoms with Gasteiger partial charge in [-0.05, 0) is 17.3 Å². The molecule has 0 aromatic carbocycles. The van der Waals surface area contributed by atoms with Crippen LogP contribution in [0.25, 0.3) is 0 Å². The van der Waals surface area contributed by atoms with Gasteiger partial charge in [-0.1, -0.05) is 0 Å². The molecule has 0 saturated heterocycles. The standard InChI is InChI=1S/C8H11N5O/c9-3-4-13-11-8(10-12-13)6-7-2-1-5-14-7/h1-2,5H,3-4,6,9H2. The van der Waals surface area contributed by atoms with E-state index in [1.807, 2.05) is 12.1 Å². The minimum absolute atomic E-state index is 0.510. The highest BCUT2D eigenvalue weighted by atomic mass is 16.3. The summed E-state index contributed by atoms with van der Waals surface area (Å²) < 4.78 is 5.16. The van der Waals surface area contributed by atoms with Gasteiger partial charge in [0.25, 0.3) is 0 Å². The summed E-state index contributed by atoms with van der Waals surface area (Å²) in [6.45, 7) is 1.10. The fourth-order valence-corrected chi connectivity index (χ4v) is 1.13. The second-order valence-corrected chi connectivity index (χ2v) is 2.85. The molecule has 2 aromatic heterocycles. The Kier molecular flexibility index (Phi) is 2.55. The SMILES string of the molecule is NCCn1nnc(Cc2ccco2)n1. The maximum atomic E-state index is 5.36. The number of hydrogen-bond acceptors (Lipinski definition) is 5. The van der Waals surface area contributed by atoms with Crippen molar-refractivity contribution in [3.63, 3.8) is 0 Å². The Balaban J connectivity index is 2.03. The first-order valence-electron chi connectivity index (χ1n) is 4.37. The molecule has 0 aliphatic rings. The Morgan fingerprint density at radius 1 is 1.50 bits per heavy atom. The van der Waals surface area contributed by atoms with E-state index in [1.54, 1.807) is 6.26 Å². The number of hydrogen-bond donors (Lipinski definition) is 1. The molecule has 0 aliphatic heterocycles. The van der Waals surface area contributed by atoms with Crippen molar-refractivity contribution in [1.82, 2.24) is 20.2 Å². The van der Waals surface area contributed by atoms with Crippen LogP contribution in [-0.4, -0.2) is 26.8 Å². The number of rotatable bonds is 4. The molecule has 2 rings (SSSR count). The smallest absolute Gasteiger partial charge is 0.182 e. The minimum Gasteiger partial charge on any atom is -0.469 e. The molecule has 6 heteroatoms. The lowest BCUT2D eigenvalue weighted by Crippen LogP contribution is -2.12. The van der Waals surface area contributed by atoms with E-state index in [-0.39, 0.29) is 0 Å². The number of furan rings is 1. The second-order valence-electron chi connectivity index (χ2n) is 2.85. The molecule has 0 atom stereocenters. The van der Waals surface area contributed by atoms with Crippen LogP contribution in [0.3, 0.4) is 0 Å². The highest BCUT2D eigenvalue weighted by Crippen LogP contribution is 2.04. The monoisotopic (exact) mass is 193 g/mol. The van der Waals surface area contributed by atoms with E-state index in [4.69, 9.17) is 10.2 Å². The van der Waals surface area contributed by atoms with Gasteiger partial charge in [0.2, 0.25) is 0 Å². The molecule has 0 bridgehead atoms. The van der Waals surface area contributed by atoms with Gasteiger partial charge in [-0.25, -0.2) is 0 Å². The summed E-state index contributed by atoms with van der Waals surface area (Å²) in [5.41, 5.74) is 5.36. The van der Waals surface area contributed by atoms with Crippen LogP contribution < -0.4 is 5.73 Å². The van der Waals surface area contributed by atoms with Gasteiger partial charge in [-0.2, -0.15) is 4.80 Å². The predicted molar refractivity (Wildman–Crippen MR) is 48.4 cm³/mol. The summed E-state index contributed by atoms with van der Waals surface area (Å²) in [5, 5.41) is 11.8. The van der Waals surface area contributed by atoms with E-state index in [0.717, 1.165) is 5.76 Å².